The summed E-state index contributed by atoms with van der Waals surface area (Å²) in [7, 11) is -4.23. The number of sulfonamides is 1. The average molecular weight is 758 g/mol. The molecule has 52 heavy (non-hydrogen) atoms. The number of carboxylic acid groups (broad SMARTS) is 1. The van der Waals surface area contributed by atoms with Gasteiger partial charge in [0, 0.05) is 36.8 Å². The zero-order valence-corrected chi connectivity index (χ0v) is 32.7. The number of aromatic nitrogens is 2. The van der Waals surface area contributed by atoms with Crippen LogP contribution in [-0.4, -0.2) is 77.8 Å². The summed E-state index contributed by atoms with van der Waals surface area (Å²) < 4.78 is 41.1. The summed E-state index contributed by atoms with van der Waals surface area (Å²) in [5.74, 6) is -0.800. The van der Waals surface area contributed by atoms with Gasteiger partial charge in [0.1, 0.15) is 12.2 Å². The lowest BCUT2D eigenvalue weighted by atomic mass is 9.60. The monoisotopic (exact) mass is 757 g/mol. The zero-order valence-electron chi connectivity index (χ0n) is 31.1. The highest BCUT2D eigenvalue weighted by atomic mass is 35.5. The Hall–Kier alpha value is -3.94. The van der Waals surface area contributed by atoms with Crippen LogP contribution in [0.1, 0.15) is 88.2 Å². The lowest BCUT2D eigenvalue weighted by molar-refractivity contribution is -0.0192. The molecule has 0 bridgehead atoms. The zero-order chi connectivity index (χ0) is 37.1. The topological polar surface area (TPSA) is 160 Å². The molecule has 5 rings (SSSR count). The largest absolute Gasteiger partial charge is 0.478 e. The predicted molar refractivity (Wildman–Crippen MR) is 203 cm³/mol. The highest BCUT2D eigenvalue weighted by Crippen LogP contribution is 2.49. The van der Waals surface area contributed by atoms with Gasteiger partial charge in [-0.2, -0.15) is 4.98 Å². The summed E-state index contributed by atoms with van der Waals surface area (Å²) in [6.45, 7) is 15.6. The SMILES string of the molecule is Cc1cccc(C)c1-c1cc(OC[C@@H](CC(C)C)NC2CC3(CCN(C(=O)OC(C)(C)C)CC3)C2)nc(NS(=O)(=O)c2cccc(C(=O)O)c2)n1.Cl. The fraction of sp³-hybridized carbons (Fsp3) is 0.526. The summed E-state index contributed by atoms with van der Waals surface area (Å²) in [4.78, 5) is 34.7. The summed E-state index contributed by atoms with van der Waals surface area (Å²) in [5.41, 5.74) is 2.81. The summed E-state index contributed by atoms with van der Waals surface area (Å²) in [6.07, 6.45) is 4.60. The first-order chi connectivity index (χ1) is 23.9. The van der Waals surface area contributed by atoms with E-state index in [1.807, 2.05) is 57.7 Å². The highest BCUT2D eigenvalue weighted by molar-refractivity contribution is 7.92. The van der Waals surface area contributed by atoms with E-state index >= 15 is 0 Å². The van der Waals surface area contributed by atoms with E-state index in [2.05, 4.69) is 33.9 Å². The number of carbonyl (C=O) groups excluding carboxylic acids is 1. The second-order valence-corrected chi connectivity index (χ2v) is 17.2. The van der Waals surface area contributed by atoms with Crippen molar-refractivity contribution in [1.82, 2.24) is 20.2 Å². The molecule has 1 aliphatic carbocycles. The van der Waals surface area contributed by atoms with Gasteiger partial charge in [-0.1, -0.05) is 38.1 Å². The van der Waals surface area contributed by atoms with Crippen molar-refractivity contribution in [2.75, 3.05) is 24.4 Å². The van der Waals surface area contributed by atoms with E-state index in [9.17, 15) is 23.1 Å². The van der Waals surface area contributed by atoms with Gasteiger partial charge in [-0.05, 0) is 107 Å². The number of carboxylic acids is 1. The van der Waals surface area contributed by atoms with E-state index < -0.39 is 21.6 Å². The number of nitrogens with zero attached hydrogens (tertiary/aromatic N) is 3. The number of rotatable bonds is 12. The molecule has 1 aliphatic heterocycles. The Labute approximate surface area is 313 Å². The number of nitrogens with one attached hydrogen (secondary N) is 2. The van der Waals surface area contributed by atoms with E-state index in [0.717, 1.165) is 54.9 Å². The number of likely N-dealkylation sites (tertiary alicyclic amines) is 1. The van der Waals surface area contributed by atoms with E-state index in [-0.39, 0.29) is 52.2 Å². The molecule has 0 radical (unpaired) electrons. The number of halogens is 1. The molecule has 1 saturated carbocycles. The van der Waals surface area contributed by atoms with Crippen LogP contribution < -0.4 is 14.8 Å². The van der Waals surface area contributed by atoms with Crippen LogP contribution in [-0.2, 0) is 14.8 Å². The van der Waals surface area contributed by atoms with Crippen molar-refractivity contribution >= 4 is 40.4 Å². The van der Waals surface area contributed by atoms with Crippen LogP contribution in [0.3, 0.4) is 0 Å². The standard InChI is InChI=1S/C38H51N5O7S.ClH/c1-24(2)18-28(39-29-21-38(22-29)14-16-43(17-15-38)36(46)50-37(5,6)7)23-49-32-20-31(33-25(3)10-8-11-26(33)4)40-35(41-32)42-51(47,48)30-13-9-12-27(19-30)34(44)45;/h8-13,19-20,24,28-29,39H,14-18,21-23H2,1-7H3,(H,44,45)(H,40,41,42);1H/t28-;/m1./s1. The minimum atomic E-state index is -4.23. The molecular weight excluding hydrogens is 706 g/mol. The smallest absolute Gasteiger partial charge is 0.410 e. The van der Waals surface area contributed by atoms with Gasteiger partial charge in [-0.25, -0.2) is 27.7 Å². The third-order valence-electron chi connectivity index (χ3n) is 9.55. The van der Waals surface area contributed by atoms with E-state index in [4.69, 9.17) is 9.47 Å². The summed E-state index contributed by atoms with van der Waals surface area (Å²) in [5, 5.41) is 13.2. The molecule has 2 aliphatic rings. The molecule has 2 aromatic carbocycles. The number of benzene rings is 2. The molecule has 3 N–H and O–H groups in total. The number of aromatic carboxylic acids is 1. The molecule has 2 heterocycles. The maximum atomic E-state index is 13.4. The molecule has 2 fully saturated rings. The van der Waals surface area contributed by atoms with Gasteiger partial charge in [0.05, 0.1) is 16.2 Å². The lowest BCUT2D eigenvalue weighted by Gasteiger charge is -2.53. The van der Waals surface area contributed by atoms with Crippen LogP contribution in [0.4, 0.5) is 10.7 Å². The van der Waals surface area contributed by atoms with Crippen LogP contribution in [0.15, 0.2) is 53.4 Å². The van der Waals surface area contributed by atoms with Crippen molar-refractivity contribution in [2.45, 2.75) is 103 Å². The third-order valence-corrected chi connectivity index (χ3v) is 10.9. The molecule has 284 valence electrons. The number of amides is 1. The maximum Gasteiger partial charge on any atom is 0.410 e. The van der Waals surface area contributed by atoms with Gasteiger partial charge in [0.25, 0.3) is 10.0 Å². The van der Waals surface area contributed by atoms with Crippen molar-refractivity contribution in [3.05, 3.63) is 65.2 Å². The van der Waals surface area contributed by atoms with Gasteiger partial charge in [-0.15, -0.1) is 12.4 Å². The molecule has 1 spiro atoms. The van der Waals surface area contributed by atoms with Crippen LogP contribution in [0, 0.1) is 25.2 Å². The van der Waals surface area contributed by atoms with Gasteiger partial charge in [0.15, 0.2) is 0 Å². The fourth-order valence-electron chi connectivity index (χ4n) is 7.14. The Kier molecular flexibility index (Phi) is 12.9. The molecule has 14 heteroatoms. The summed E-state index contributed by atoms with van der Waals surface area (Å²) >= 11 is 0. The molecule has 1 amide bonds. The number of hydrogen-bond donors (Lipinski definition) is 3. The van der Waals surface area contributed by atoms with E-state index in [1.54, 1.807) is 6.07 Å². The van der Waals surface area contributed by atoms with Gasteiger partial charge < -0.3 is 24.8 Å². The third kappa shape index (κ3) is 10.3. The molecule has 12 nitrogen and oxygen atoms in total. The van der Waals surface area contributed by atoms with E-state index in [1.165, 1.54) is 18.2 Å². The normalized spacial score (nSPS) is 16.5. The van der Waals surface area contributed by atoms with Crippen molar-refractivity contribution in [1.29, 1.82) is 0 Å². The predicted octanol–water partition coefficient (Wildman–Crippen LogP) is 7.24. The minimum Gasteiger partial charge on any atom is -0.478 e. The van der Waals surface area contributed by atoms with Gasteiger partial charge in [-0.3, -0.25) is 0 Å². The number of aryl methyl sites for hydroxylation is 2. The van der Waals surface area contributed by atoms with E-state index in [0.29, 0.717) is 37.4 Å². The van der Waals surface area contributed by atoms with Crippen LogP contribution in [0.5, 0.6) is 5.88 Å². The second-order valence-electron chi connectivity index (χ2n) is 15.5. The van der Waals surface area contributed by atoms with Crippen molar-refractivity contribution < 1.29 is 32.6 Å². The van der Waals surface area contributed by atoms with Gasteiger partial charge in [0.2, 0.25) is 11.8 Å². The number of piperidine rings is 1. The minimum absolute atomic E-state index is 0. The quantitative estimate of drug-likeness (QED) is 0.172. The first kappa shape index (κ1) is 40.8. The molecule has 1 saturated heterocycles. The Bertz CT molecular complexity index is 1830. The highest BCUT2D eigenvalue weighted by Gasteiger charge is 2.47. The first-order valence-corrected chi connectivity index (χ1v) is 19.1. The molecule has 1 aromatic heterocycles. The van der Waals surface area contributed by atoms with Crippen molar-refractivity contribution in [3.63, 3.8) is 0 Å². The summed E-state index contributed by atoms with van der Waals surface area (Å²) in [6, 6.07) is 13.0. The number of carbonyl (C=O) groups is 2. The van der Waals surface area contributed by atoms with Gasteiger partial charge >= 0.3 is 12.1 Å². The maximum absolute atomic E-state index is 13.4. The molecule has 1 atom stereocenters. The number of anilines is 1. The first-order valence-electron chi connectivity index (χ1n) is 17.6. The van der Waals surface area contributed by atoms with Crippen molar-refractivity contribution in [2.24, 2.45) is 11.3 Å². The average Bonchev–Trinajstić information content (AvgIpc) is 3.02. The fourth-order valence-corrected chi connectivity index (χ4v) is 8.13. The second kappa shape index (κ2) is 16.4. The van der Waals surface area contributed by atoms with Crippen LogP contribution >= 0.6 is 12.4 Å². The number of hydrogen-bond acceptors (Lipinski definition) is 9. The lowest BCUT2D eigenvalue weighted by Crippen LogP contribution is -2.57. The number of ether oxygens (including phenoxy) is 2. The van der Waals surface area contributed by atoms with Crippen LogP contribution in [0.2, 0.25) is 0 Å². The molecule has 0 unspecified atom stereocenters. The Morgan fingerprint density at radius 3 is 2.25 bits per heavy atom. The Morgan fingerprint density at radius 2 is 1.65 bits per heavy atom. The molecule has 3 aromatic rings. The van der Waals surface area contributed by atoms with Crippen LogP contribution in [0.25, 0.3) is 11.3 Å². The molecular formula is C38H52ClN5O7S. The van der Waals surface area contributed by atoms with Crippen molar-refractivity contribution in [3.8, 4) is 17.1 Å². The Morgan fingerprint density at radius 1 is 1.02 bits per heavy atom. The Balaban J connectivity index is 0.00000605.